The molecule has 0 aromatic heterocycles. The third kappa shape index (κ3) is 3.40. The predicted octanol–water partition coefficient (Wildman–Crippen LogP) is 2.52. The van der Waals surface area contributed by atoms with Gasteiger partial charge in [-0.3, -0.25) is 14.5 Å². The van der Waals surface area contributed by atoms with Crippen LogP contribution in [0.25, 0.3) is 0 Å². The SMILES string of the molecule is CC1CC(C)(C)CC2(C1)NC(=O)N(CC(=O)N(C(C)C)C1CC1)C2=O. The second kappa shape index (κ2) is 5.99. The Balaban J connectivity index is 1.76. The fourth-order valence-corrected chi connectivity index (χ4v) is 5.13. The van der Waals surface area contributed by atoms with Gasteiger partial charge in [-0.1, -0.05) is 20.8 Å². The number of amides is 4. The first-order valence-electron chi connectivity index (χ1n) is 9.50. The molecule has 140 valence electrons. The summed E-state index contributed by atoms with van der Waals surface area (Å²) in [7, 11) is 0. The topological polar surface area (TPSA) is 69.7 Å². The van der Waals surface area contributed by atoms with E-state index in [9.17, 15) is 14.4 Å². The molecule has 1 saturated heterocycles. The van der Waals surface area contributed by atoms with Crippen molar-refractivity contribution >= 4 is 17.8 Å². The predicted molar refractivity (Wildman–Crippen MR) is 94.8 cm³/mol. The maximum Gasteiger partial charge on any atom is 0.325 e. The van der Waals surface area contributed by atoms with Crippen molar-refractivity contribution in [3.63, 3.8) is 0 Å². The largest absolute Gasteiger partial charge is 0.336 e. The van der Waals surface area contributed by atoms with E-state index in [2.05, 4.69) is 26.1 Å². The zero-order valence-electron chi connectivity index (χ0n) is 16.1. The number of urea groups is 1. The van der Waals surface area contributed by atoms with Gasteiger partial charge in [0, 0.05) is 12.1 Å². The van der Waals surface area contributed by atoms with Crippen LogP contribution in [0.15, 0.2) is 0 Å². The number of nitrogens with zero attached hydrogens (tertiary/aromatic N) is 2. The number of hydrogen-bond acceptors (Lipinski definition) is 3. The van der Waals surface area contributed by atoms with Crippen LogP contribution in [0.2, 0.25) is 0 Å². The quantitative estimate of drug-likeness (QED) is 0.793. The van der Waals surface area contributed by atoms with Crippen molar-refractivity contribution in [3.8, 4) is 0 Å². The van der Waals surface area contributed by atoms with Crippen LogP contribution in [-0.2, 0) is 9.59 Å². The van der Waals surface area contributed by atoms with Crippen LogP contribution in [-0.4, -0.2) is 51.8 Å². The first kappa shape index (κ1) is 18.2. The fraction of sp³-hybridized carbons (Fsp3) is 0.842. The van der Waals surface area contributed by atoms with Gasteiger partial charge in [-0.25, -0.2) is 4.79 Å². The van der Waals surface area contributed by atoms with Gasteiger partial charge in [0.25, 0.3) is 5.91 Å². The summed E-state index contributed by atoms with van der Waals surface area (Å²) in [4.78, 5) is 41.3. The Morgan fingerprint density at radius 2 is 1.92 bits per heavy atom. The van der Waals surface area contributed by atoms with E-state index < -0.39 is 11.6 Å². The average molecular weight is 349 g/mol. The van der Waals surface area contributed by atoms with Crippen LogP contribution in [0, 0.1) is 11.3 Å². The van der Waals surface area contributed by atoms with E-state index in [1.165, 1.54) is 0 Å². The van der Waals surface area contributed by atoms with E-state index in [-0.39, 0.29) is 35.9 Å². The summed E-state index contributed by atoms with van der Waals surface area (Å²) >= 11 is 0. The van der Waals surface area contributed by atoms with Crippen molar-refractivity contribution in [2.75, 3.05) is 6.54 Å². The van der Waals surface area contributed by atoms with Gasteiger partial charge in [-0.15, -0.1) is 0 Å². The van der Waals surface area contributed by atoms with E-state index >= 15 is 0 Å². The number of carbonyl (C=O) groups is 3. The molecule has 25 heavy (non-hydrogen) atoms. The van der Waals surface area contributed by atoms with Gasteiger partial charge in [-0.05, 0) is 57.3 Å². The highest BCUT2D eigenvalue weighted by Crippen LogP contribution is 2.46. The highest BCUT2D eigenvalue weighted by Gasteiger charge is 2.56. The van der Waals surface area contributed by atoms with Crippen molar-refractivity contribution < 1.29 is 14.4 Å². The van der Waals surface area contributed by atoms with Gasteiger partial charge in [0.1, 0.15) is 12.1 Å². The molecule has 1 heterocycles. The lowest BCUT2D eigenvalue weighted by atomic mass is 9.64. The molecular weight excluding hydrogens is 318 g/mol. The monoisotopic (exact) mass is 349 g/mol. The van der Waals surface area contributed by atoms with Gasteiger partial charge >= 0.3 is 6.03 Å². The molecule has 1 N–H and O–H groups in total. The number of rotatable bonds is 4. The Bertz CT molecular complexity index is 595. The van der Waals surface area contributed by atoms with Gasteiger partial charge in [0.15, 0.2) is 0 Å². The maximum absolute atomic E-state index is 13.1. The highest BCUT2D eigenvalue weighted by atomic mass is 16.2. The molecule has 4 amide bonds. The normalized spacial score (nSPS) is 31.6. The Morgan fingerprint density at radius 3 is 2.44 bits per heavy atom. The summed E-state index contributed by atoms with van der Waals surface area (Å²) in [5, 5.41) is 2.94. The van der Waals surface area contributed by atoms with Gasteiger partial charge in [0.2, 0.25) is 5.91 Å². The van der Waals surface area contributed by atoms with E-state index in [1.54, 1.807) is 0 Å². The van der Waals surface area contributed by atoms with E-state index in [4.69, 9.17) is 0 Å². The standard InChI is InChI=1S/C19H31N3O3/c1-12(2)22(14-6-7-14)15(23)10-21-16(24)19(20-17(21)25)9-13(3)8-18(4,5)11-19/h12-14H,6-11H2,1-5H3,(H,20,25). The van der Waals surface area contributed by atoms with E-state index in [0.717, 1.165) is 24.2 Å². The van der Waals surface area contributed by atoms with E-state index in [0.29, 0.717) is 18.8 Å². The average Bonchev–Trinajstić information content (AvgIpc) is 3.22. The van der Waals surface area contributed by atoms with E-state index in [1.807, 2.05) is 18.7 Å². The minimum atomic E-state index is -0.833. The van der Waals surface area contributed by atoms with Crippen LogP contribution in [0.3, 0.4) is 0 Å². The third-order valence-corrected chi connectivity index (χ3v) is 5.70. The number of nitrogens with one attached hydrogen (secondary N) is 1. The molecule has 0 aromatic rings. The Hall–Kier alpha value is -1.59. The molecule has 0 bridgehead atoms. The van der Waals surface area contributed by atoms with Crippen LogP contribution < -0.4 is 5.32 Å². The van der Waals surface area contributed by atoms with Crippen molar-refractivity contribution in [1.29, 1.82) is 0 Å². The lowest BCUT2D eigenvalue weighted by Gasteiger charge is -2.43. The minimum absolute atomic E-state index is 0.00138. The molecule has 6 nitrogen and oxygen atoms in total. The van der Waals surface area contributed by atoms with Crippen molar-refractivity contribution in [2.24, 2.45) is 11.3 Å². The van der Waals surface area contributed by atoms with Crippen LogP contribution in [0.1, 0.15) is 66.7 Å². The van der Waals surface area contributed by atoms with Crippen LogP contribution in [0.5, 0.6) is 0 Å². The third-order valence-electron chi connectivity index (χ3n) is 5.70. The zero-order chi connectivity index (χ0) is 18.6. The summed E-state index contributed by atoms with van der Waals surface area (Å²) in [6.45, 7) is 10.2. The number of imide groups is 1. The van der Waals surface area contributed by atoms with Crippen molar-refractivity contribution in [3.05, 3.63) is 0 Å². The Kier molecular flexibility index (Phi) is 4.36. The van der Waals surface area contributed by atoms with Crippen LogP contribution >= 0.6 is 0 Å². The van der Waals surface area contributed by atoms with Gasteiger partial charge in [0.05, 0.1) is 0 Å². The lowest BCUT2D eigenvalue weighted by Crippen LogP contribution is -2.54. The van der Waals surface area contributed by atoms with Gasteiger partial charge < -0.3 is 10.2 Å². The summed E-state index contributed by atoms with van der Waals surface area (Å²) in [5.74, 6) is 0.0217. The maximum atomic E-state index is 13.1. The van der Waals surface area contributed by atoms with Crippen LogP contribution in [0.4, 0.5) is 4.79 Å². The highest BCUT2D eigenvalue weighted by molar-refractivity contribution is 6.09. The van der Waals surface area contributed by atoms with Crippen molar-refractivity contribution in [2.45, 2.75) is 84.3 Å². The molecule has 0 radical (unpaired) electrons. The molecule has 2 unspecified atom stereocenters. The summed E-state index contributed by atoms with van der Waals surface area (Å²) in [6, 6.07) is -0.0537. The molecule has 0 aromatic carbocycles. The molecule has 6 heteroatoms. The molecule has 2 atom stereocenters. The zero-order valence-corrected chi connectivity index (χ0v) is 16.1. The Morgan fingerprint density at radius 1 is 1.28 bits per heavy atom. The first-order chi connectivity index (χ1) is 11.5. The summed E-state index contributed by atoms with van der Waals surface area (Å²) in [6.07, 6.45) is 4.36. The smallest absolute Gasteiger partial charge is 0.325 e. The summed E-state index contributed by atoms with van der Waals surface area (Å²) < 4.78 is 0. The molecule has 1 spiro atoms. The van der Waals surface area contributed by atoms with Gasteiger partial charge in [-0.2, -0.15) is 0 Å². The molecule has 2 saturated carbocycles. The molecule has 3 fully saturated rings. The fourth-order valence-electron chi connectivity index (χ4n) is 5.13. The molecular formula is C19H31N3O3. The number of carbonyl (C=O) groups excluding carboxylic acids is 3. The second-order valence-corrected chi connectivity index (χ2v) is 9.38. The summed E-state index contributed by atoms with van der Waals surface area (Å²) in [5.41, 5.74) is -0.834. The minimum Gasteiger partial charge on any atom is -0.336 e. The molecule has 1 aliphatic heterocycles. The number of hydrogen-bond donors (Lipinski definition) is 1. The Labute approximate surface area is 150 Å². The molecule has 3 rings (SSSR count). The second-order valence-electron chi connectivity index (χ2n) is 9.38. The molecule has 3 aliphatic rings. The lowest BCUT2D eigenvalue weighted by molar-refractivity contribution is -0.142. The first-order valence-corrected chi connectivity index (χ1v) is 9.50. The van der Waals surface area contributed by atoms with Crippen molar-refractivity contribution in [1.82, 2.24) is 15.1 Å². The molecule has 2 aliphatic carbocycles.